The molecule has 1 aliphatic rings. The van der Waals surface area contributed by atoms with E-state index in [1.165, 1.54) is 0 Å². The normalized spacial score (nSPS) is 24.8. The summed E-state index contributed by atoms with van der Waals surface area (Å²) in [6, 6.07) is 9.06. The molecule has 0 aliphatic heterocycles. The number of carbonyl (C=O) groups excluding carboxylic acids is 2. The van der Waals surface area contributed by atoms with E-state index in [4.69, 9.17) is 0 Å². The zero-order valence-corrected chi connectivity index (χ0v) is 13.9. The Morgan fingerprint density at radius 3 is 2.32 bits per heavy atom. The molecule has 0 spiro atoms. The lowest BCUT2D eigenvalue weighted by Gasteiger charge is -2.36. The number of benzene rings is 1. The topological polar surface area (TPSA) is 58.2 Å². The van der Waals surface area contributed by atoms with Gasteiger partial charge < -0.3 is 10.6 Å². The van der Waals surface area contributed by atoms with Gasteiger partial charge in [0.15, 0.2) is 0 Å². The number of nitrogens with one attached hydrogen (secondary N) is 2. The highest BCUT2D eigenvalue weighted by atomic mass is 16.2. The summed E-state index contributed by atoms with van der Waals surface area (Å²) in [5.41, 5.74) is -0.533. The molecule has 1 fully saturated rings. The molecule has 2 N–H and O–H groups in total. The quantitative estimate of drug-likeness (QED) is 0.902. The standard InChI is InChI=1S/C18H26N2O2/c1-13-9-8-12-18(13,16(22)20-17(2,3)4)19-15(21)14-10-6-5-7-11-14/h5-7,10-11,13H,8-9,12H2,1-4H3,(H,19,21)(H,20,22). The minimum Gasteiger partial charge on any atom is -0.349 e. The number of carbonyl (C=O) groups is 2. The minimum atomic E-state index is -0.805. The van der Waals surface area contributed by atoms with Crippen LogP contribution >= 0.6 is 0 Å². The third-order valence-electron chi connectivity index (χ3n) is 4.32. The van der Waals surface area contributed by atoms with Crippen LogP contribution in [0.1, 0.15) is 57.3 Å². The largest absolute Gasteiger partial charge is 0.349 e. The molecular weight excluding hydrogens is 276 g/mol. The van der Waals surface area contributed by atoms with Crippen molar-refractivity contribution in [2.24, 2.45) is 5.92 Å². The summed E-state index contributed by atoms with van der Waals surface area (Å²) < 4.78 is 0. The molecule has 2 amide bonds. The molecule has 1 aromatic carbocycles. The van der Waals surface area contributed by atoms with Crippen molar-refractivity contribution in [2.75, 3.05) is 0 Å². The lowest BCUT2D eigenvalue weighted by atomic mass is 9.86. The average molecular weight is 302 g/mol. The molecule has 0 bridgehead atoms. The molecule has 0 saturated heterocycles. The monoisotopic (exact) mass is 302 g/mol. The first-order valence-corrected chi connectivity index (χ1v) is 7.95. The van der Waals surface area contributed by atoms with E-state index in [-0.39, 0.29) is 23.3 Å². The van der Waals surface area contributed by atoms with Crippen molar-refractivity contribution in [3.05, 3.63) is 35.9 Å². The van der Waals surface area contributed by atoms with Gasteiger partial charge in [-0.1, -0.05) is 31.5 Å². The lowest BCUT2D eigenvalue weighted by molar-refractivity contribution is -0.130. The summed E-state index contributed by atoms with van der Waals surface area (Å²) >= 11 is 0. The van der Waals surface area contributed by atoms with Crippen molar-refractivity contribution in [3.8, 4) is 0 Å². The van der Waals surface area contributed by atoms with Crippen molar-refractivity contribution in [1.82, 2.24) is 10.6 Å². The molecule has 4 nitrogen and oxygen atoms in total. The zero-order valence-electron chi connectivity index (χ0n) is 13.9. The predicted octanol–water partition coefficient (Wildman–Crippen LogP) is 2.89. The van der Waals surface area contributed by atoms with Gasteiger partial charge in [-0.2, -0.15) is 0 Å². The van der Waals surface area contributed by atoms with Crippen LogP contribution in [-0.4, -0.2) is 22.9 Å². The maximum Gasteiger partial charge on any atom is 0.252 e. The zero-order chi connectivity index (χ0) is 16.4. The van der Waals surface area contributed by atoms with Crippen molar-refractivity contribution < 1.29 is 9.59 Å². The van der Waals surface area contributed by atoms with Gasteiger partial charge in [0, 0.05) is 11.1 Å². The molecule has 2 unspecified atom stereocenters. The molecule has 0 heterocycles. The van der Waals surface area contributed by atoms with Gasteiger partial charge in [-0.25, -0.2) is 0 Å². The van der Waals surface area contributed by atoms with E-state index in [9.17, 15) is 9.59 Å². The van der Waals surface area contributed by atoms with Gasteiger partial charge in [0.05, 0.1) is 0 Å². The summed E-state index contributed by atoms with van der Waals surface area (Å²) in [4.78, 5) is 25.4. The Bertz CT molecular complexity index is 548. The van der Waals surface area contributed by atoms with Gasteiger partial charge in [0.25, 0.3) is 5.91 Å². The molecule has 120 valence electrons. The Hall–Kier alpha value is -1.84. The second-order valence-electron chi connectivity index (χ2n) is 7.29. The van der Waals surface area contributed by atoms with E-state index >= 15 is 0 Å². The number of hydrogen-bond donors (Lipinski definition) is 2. The highest BCUT2D eigenvalue weighted by molar-refractivity contribution is 5.99. The fraction of sp³-hybridized carbons (Fsp3) is 0.556. The molecule has 0 radical (unpaired) electrons. The Balaban J connectivity index is 2.24. The van der Waals surface area contributed by atoms with Crippen LogP contribution in [0.25, 0.3) is 0 Å². The Labute approximate surface area is 132 Å². The lowest BCUT2D eigenvalue weighted by Crippen LogP contribution is -2.63. The molecule has 22 heavy (non-hydrogen) atoms. The third-order valence-corrected chi connectivity index (χ3v) is 4.32. The van der Waals surface area contributed by atoms with Crippen molar-refractivity contribution in [2.45, 2.75) is 58.0 Å². The SMILES string of the molecule is CC1CCCC1(NC(=O)c1ccccc1)C(=O)NC(C)(C)C. The Morgan fingerprint density at radius 1 is 1.18 bits per heavy atom. The van der Waals surface area contributed by atoms with Crippen LogP contribution in [0, 0.1) is 5.92 Å². The van der Waals surface area contributed by atoms with Crippen LogP contribution in [0.15, 0.2) is 30.3 Å². The van der Waals surface area contributed by atoms with Gasteiger partial charge in [-0.15, -0.1) is 0 Å². The molecule has 4 heteroatoms. The summed E-state index contributed by atoms with van der Waals surface area (Å²) in [5, 5.41) is 6.07. The van der Waals surface area contributed by atoms with Crippen LogP contribution in [0.5, 0.6) is 0 Å². The van der Waals surface area contributed by atoms with Crippen molar-refractivity contribution >= 4 is 11.8 Å². The Morgan fingerprint density at radius 2 is 1.82 bits per heavy atom. The van der Waals surface area contributed by atoms with Crippen LogP contribution in [-0.2, 0) is 4.79 Å². The average Bonchev–Trinajstić information content (AvgIpc) is 2.80. The summed E-state index contributed by atoms with van der Waals surface area (Å²) in [6.07, 6.45) is 2.59. The molecule has 2 rings (SSSR count). The number of hydrogen-bond acceptors (Lipinski definition) is 2. The van der Waals surface area contributed by atoms with E-state index in [2.05, 4.69) is 10.6 Å². The highest BCUT2D eigenvalue weighted by Crippen LogP contribution is 2.36. The molecule has 1 saturated carbocycles. The second-order valence-corrected chi connectivity index (χ2v) is 7.29. The van der Waals surface area contributed by atoms with Gasteiger partial charge in [-0.3, -0.25) is 9.59 Å². The van der Waals surface area contributed by atoms with Crippen LogP contribution in [0.4, 0.5) is 0 Å². The fourth-order valence-corrected chi connectivity index (χ4v) is 3.08. The highest BCUT2D eigenvalue weighted by Gasteiger charge is 2.48. The Kier molecular flexibility index (Phi) is 4.59. The van der Waals surface area contributed by atoms with Crippen LogP contribution in [0.3, 0.4) is 0 Å². The minimum absolute atomic E-state index is 0.0747. The number of amides is 2. The molecule has 1 aliphatic carbocycles. The smallest absolute Gasteiger partial charge is 0.252 e. The van der Waals surface area contributed by atoms with E-state index in [0.29, 0.717) is 12.0 Å². The molecule has 1 aromatic rings. The summed E-state index contributed by atoms with van der Waals surface area (Å²) in [5.74, 6) is -0.129. The molecule has 0 aromatic heterocycles. The first kappa shape index (κ1) is 16.5. The fourth-order valence-electron chi connectivity index (χ4n) is 3.08. The van der Waals surface area contributed by atoms with Gasteiger partial charge >= 0.3 is 0 Å². The van der Waals surface area contributed by atoms with Crippen molar-refractivity contribution in [1.29, 1.82) is 0 Å². The molecule has 2 atom stereocenters. The molecular formula is C18H26N2O2. The van der Waals surface area contributed by atoms with E-state index in [0.717, 1.165) is 12.8 Å². The van der Waals surface area contributed by atoms with Gasteiger partial charge in [0.2, 0.25) is 5.91 Å². The maximum atomic E-state index is 12.8. The van der Waals surface area contributed by atoms with Crippen LogP contribution in [0.2, 0.25) is 0 Å². The predicted molar refractivity (Wildman–Crippen MR) is 87.5 cm³/mol. The number of rotatable bonds is 3. The van der Waals surface area contributed by atoms with Crippen LogP contribution < -0.4 is 10.6 Å². The van der Waals surface area contributed by atoms with Crippen molar-refractivity contribution in [3.63, 3.8) is 0 Å². The van der Waals surface area contributed by atoms with Gasteiger partial charge in [-0.05, 0) is 51.7 Å². The summed E-state index contributed by atoms with van der Waals surface area (Å²) in [6.45, 7) is 7.91. The first-order valence-electron chi connectivity index (χ1n) is 7.95. The van der Waals surface area contributed by atoms with Gasteiger partial charge in [0.1, 0.15) is 5.54 Å². The van der Waals surface area contributed by atoms with E-state index < -0.39 is 5.54 Å². The first-order chi connectivity index (χ1) is 10.2. The summed E-state index contributed by atoms with van der Waals surface area (Å²) in [7, 11) is 0. The maximum absolute atomic E-state index is 12.8. The van der Waals surface area contributed by atoms with E-state index in [1.807, 2.05) is 45.9 Å². The third kappa shape index (κ3) is 3.49. The second kappa shape index (κ2) is 6.11. The van der Waals surface area contributed by atoms with E-state index in [1.54, 1.807) is 12.1 Å².